The fourth-order valence-corrected chi connectivity index (χ4v) is 4.75. The van der Waals surface area contributed by atoms with Gasteiger partial charge in [0, 0.05) is 30.8 Å². The van der Waals surface area contributed by atoms with Gasteiger partial charge in [-0.1, -0.05) is 12.1 Å². The van der Waals surface area contributed by atoms with Crippen molar-refractivity contribution in [1.29, 1.82) is 0 Å². The van der Waals surface area contributed by atoms with Crippen molar-refractivity contribution in [3.05, 3.63) is 70.8 Å². The van der Waals surface area contributed by atoms with Gasteiger partial charge in [-0.25, -0.2) is 9.37 Å². The van der Waals surface area contributed by atoms with Crippen molar-refractivity contribution in [2.24, 2.45) is 5.41 Å². The van der Waals surface area contributed by atoms with Crippen LogP contribution in [0.5, 0.6) is 0 Å². The van der Waals surface area contributed by atoms with Gasteiger partial charge < -0.3 is 15.3 Å². The van der Waals surface area contributed by atoms with Crippen molar-refractivity contribution >= 4 is 23.5 Å². The Morgan fingerprint density at radius 1 is 1.22 bits per heavy atom. The number of aryl methyl sites for hydroxylation is 1. The molecule has 37 heavy (non-hydrogen) atoms. The van der Waals surface area contributed by atoms with Gasteiger partial charge in [-0.15, -0.1) is 0 Å². The lowest BCUT2D eigenvalue weighted by molar-refractivity contribution is -0.153. The predicted molar refractivity (Wildman–Crippen MR) is 126 cm³/mol. The number of rotatable bonds is 6. The lowest BCUT2D eigenvalue weighted by Crippen LogP contribution is -2.52. The van der Waals surface area contributed by atoms with Crippen LogP contribution in [0, 0.1) is 18.2 Å². The molecule has 1 fully saturated rings. The number of aliphatic carboxylic acids is 1. The van der Waals surface area contributed by atoms with E-state index in [0.29, 0.717) is 5.82 Å². The molecule has 12 heteroatoms. The molecule has 1 aliphatic rings. The number of pyridine rings is 1. The molecular formula is C25H25F4N5O3. The summed E-state index contributed by atoms with van der Waals surface area (Å²) < 4.78 is 55.1. The number of carboxylic acid groups (broad SMARTS) is 1. The molecule has 1 saturated heterocycles. The molecule has 4 rings (SSSR count). The SMILES string of the molecule is Cc1cc(Nc2ccc(F)c(C[C@@]3(C(=O)O)CCN(C(=O)c4ccccc4C(F)(F)F)[C@H](C)C3)n2)n[nH]1. The second-order valence-electron chi connectivity index (χ2n) is 9.29. The summed E-state index contributed by atoms with van der Waals surface area (Å²) >= 11 is 0. The number of H-pyrrole nitrogens is 1. The van der Waals surface area contributed by atoms with Crippen molar-refractivity contribution in [3.8, 4) is 0 Å². The van der Waals surface area contributed by atoms with Crippen molar-refractivity contribution in [1.82, 2.24) is 20.1 Å². The molecule has 2 aromatic heterocycles. The molecule has 1 amide bonds. The summed E-state index contributed by atoms with van der Waals surface area (Å²) in [7, 11) is 0. The van der Waals surface area contributed by atoms with Gasteiger partial charge in [0.2, 0.25) is 0 Å². The first-order chi connectivity index (χ1) is 17.4. The minimum atomic E-state index is -4.72. The van der Waals surface area contributed by atoms with Crippen LogP contribution in [0.25, 0.3) is 0 Å². The zero-order valence-electron chi connectivity index (χ0n) is 20.1. The Morgan fingerprint density at radius 3 is 2.57 bits per heavy atom. The lowest BCUT2D eigenvalue weighted by Gasteiger charge is -2.43. The number of halogens is 4. The molecule has 1 aliphatic heterocycles. The Hall–Kier alpha value is -3.96. The number of nitrogens with one attached hydrogen (secondary N) is 2. The maximum atomic E-state index is 14.7. The van der Waals surface area contributed by atoms with E-state index in [-0.39, 0.29) is 37.3 Å². The minimum absolute atomic E-state index is 0.0750. The maximum absolute atomic E-state index is 14.7. The van der Waals surface area contributed by atoms with E-state index in [0.717, 1.165) is 17.8 Å². The van der Waals surface area contributed by atoms with Crippen molar-refractivity contribution in [2.45, 2.75) is 45.3 Å². The molecule has 0 radical (unpaired) electrons. The number of carbonyl (C=O) groups is 2. The molecule has 0 unspecified atom stereocenters. The van der Waals surface area contributed by atoms with E-state index in [1.807, 2.05) is 0 Å². The third-order valence-corrected chi connectivity index (χ3v) is 6.61. The van der Waals surface area contributed by atoms with Gasteiger partial charge in [0.05, 0.1) is 22.2 Å². The van der Waals surface area contributed by atoms with Gasteiger partial charge in [-0.05, 0) is 51.0 Å². The van der Waals surface area contributed by atoms with Crippen LogP contribution >= 0.6 is 0 Å². The Bertz CT molecular complexity index is 1330. The summed E-state index contributed by atoms with van der Waals surface area (Å²) in [5, 5.41) is 19.8. The Balaban J connectivity index is 1.56. The van der Waals surface area contributed by atoms with Crippen LogP contribution < -0.4 is 5.32 Å². The fraction of sp³-hybridized carbons (Fsp3) is 0.360. The van der Waals surface area contributed by atoms with Crippen molar-refractivity contribution < 1.29 is 32.3 Å². The molecule has 3 heterocycles. The highest BCUT2D eigenvalue weighted by Crippen LogP contribution is 2.40. The minimum Gasteiger partial charge on any atom is -0.481 e. The highest BCUT2D eigenvalue weighted by atomic mass is 19.4. The fourth-order valence-electron chi connectivity index (χ4n) is 4.75. The average molecular weight is 519 g/mol. The average Bonchev–Trinajstić information content (AvgIpc) is 3.24. The van der Waals surface area contributed by atoms with E-state index in [4.69, 9.17) is 0 Å². The molecule has 0 spiro atoms. The zero-order chi connectivity index (χ0) is 27.0. The third-order valence-electron chi connectivity index (χ3n) is 6.61. The molecule has 1 aromatic carbocycles. The van der Waals surface area contributed by atoms with E-state index in [1.165, 1.54) is 29.2 Å². The van der Waals surface area contributed by atoms with Gasteiger partial charge in [0.1, 0.15) is 11.6 Å². The van der Waals surface area contributed by atoms with Crippen LogP contribution in [-0.4, -0.2) is 49.7 Å². The first-order valence-corrected chi connectivity index (χ1v) is 11.5. The number of nitrogens with zero attached hydrogens (tertiary/aromatic N) is 3. The topological polar surface area (TPSA) is 111 Å². The Kier molecular flexibility index (Phi) is 6.94. The summed E-state index contributed by atoms with van der Waals surface area (Å²) in [6.45, 7) is 3.27. The molecular weight excluding hydrogens is 494 g/mol. The summed E-state index contributed by atoms with van der Waals surface area (Å²) in [6, 6.07) is 8.07. The number of benzene rings is 1. The molecule has 0 saturated carbocycles. The molecule has 0 bridgehead atoms. The quantitative estimate of drug-likeness (QED) is 0.398. The smallest absolute Gasteiger partial charge is 0.417 e. The molecule has 3 N–H and O–H groups in total. The number of amides is 1. The number of piperidine rings is 1. The standard InChI is InChI=1S/C25H25F4N5O3/c1-14-11-21(33-32-14)31-20-8-7-18(26)19(30-20)13-24(23(36)37)9-10-34(15(2)12-24)22(35)16-5-3-4-6-17(16)25(27,28)29/h3-8,11,15H,9-10,12-13H2,1-2H3,(H,36,37)(H2,30,31,32,33)/t15-,24-/m1/s1. The van der Waals surface area contributed by atoms with Gasteiger partial charge in [-0.3, -0.25) is 14.7 Å². The highest BCUT2D eigenvalue weighted by Gasteiger charge is 2.47. The zero-order valence-corrected chi connectivity index (χ0v) is 20.1. The number of carbonyl (C=O) groups excluding carboxylic acids is 1. The number of likely N-dealkylation sites (tertiary alicyclic amines) is 1. The van der Waals surface area contributed by atoms with E-state index in [9.17, 15) is 32.3 Å². The van der Waals surface area contributed by atoms with Crippen LogP contribution in [0.1, 0.15) is 47.1 Å². The highest BCUT2D eigenvalue weighted by molar-refractivity contribution is 5.96. The van der Waals surface area contributed by atoms with E-state index in [1.54, 1.807) is 19.9 Å². The second kappa shape index (κ2) is 9.83. The number of anilines is 2. The number of aromatic nitrogens is 3. The van der Waals surface area contributed by atoms with E-state index in [2.05, 4.69) is 20.5 Å². The number of carboxylic acids is 1. The molecule has 196 valence electrons. The van der Waals surface area contributed by atoms with Crippen LogP contribution in [0.4, 0.5) is 29.2 Å². The van der Waals surface area contributed by atoms with Crippen LogP contribution in [0.3, 0.4) is 0 Å². The molecule has 8 nitrogen and oxygen atoms in total. The summed E-state index contributed by atoms with van der Waals surface area (Å²) in [6.07, 6.45) is -5.13. The number of hydrogen-bond donors (Lipinski definition) is 3. The molecule has 3 aromatic rings. The lowest BCUT2D eigenvalue weighted by atomic mass is 9.72. The van der Waals surface area contributed by atoms with Gasteiger partial charge in [-0.2, -0.15) is 18.3 Å². The Morgan fingerprint density at radius 2 is 1.95 bits per heavy atom. The number of alkyl halides is 3. The van der Waals surface area contributed by atoms with Gasteiger partial charge in [0.25, 0.3) is 5.91 Å². The van der Waals surface area contributed by atoms with Crippen LogP contribution in [0.15, 0.2) is 42.5 Å². The molecule has 0 aliphatic carbocycles. The number of hydrogen-bond acceptors (Lipinski definition) is 5. The summed E-state index contributed by atoms with van der Waals surface area (Å²) in [4.78, 5) is 31.0. The first kappa shape index (κ1) is 26.1. The van der Waals surface area contributed by atoms with E-state index < -0.39 is 46.5 Å². The van der Waals surface area contributed by atoms with E-state index >= 15 is 0 Å². The van der Waals surface area contributed by atoms with Crippen LogP contribution in [-0.2, 0) is 17.4 Å². The largest absolute Gasteiger partial charge is 0.481 e. The maximum Gasteiger partial charge on any atom is 0.417 e. The second-order valence-corrected chi connectivity index (χ2v) is 9.29. The summed E-state index contributed by atoms with van der Waals surface area (Å²) in [5.74, 6) is -1.98. The third kappa shape index (κ3) is 5.42. The van der Waals surface area contributed by atoms with Gasteiger partial charge in [0.15, 0.2) is 5.82 Å². The first-order valence-electron chi connectivity index (χ1n) is 11.5. The monoisotopic (exact) mass is 519 g/mol. The van der Waals surface area contributed by atoms with Crippen molar-refractivity contribution in [3.63, 3.8) is 0 Å². The van der Waals surface area contributed by atoms with Gasteiger partial charge >= 0.3 is 12.1 Å². The van der Waals surface area contributed by atoms with Crippen molar-refractivity contribution in [2.75, 3.05) is 11.9 Å². The summed E-state index contributed by atoms with van der Waals surface area (Å²) in [5.41, 5.74) is -2.29. The number of aromatic amines is 1. The van der Waals surface area contributed by atoms with Crippen LogP contribution in [0.2, 0.25) is 0 Å². The predicted octanol–water partition coefficient (Wildman–Crippen LogP) is 4.95. The normalized spacial score (nSPS) is 20.1. The Labute approximate surface area is 209 Å². The molecule has 2 atom stereocenters.